The zero-order valence-electron chi connectivity index (χ0n) is 16.9. The number of ether oxygens (including phenoxy) is 1. The van der Waals surface area contributed by atoms with Gasteiger partial charge in [-0.3, -0.25) is 14.2 Å². The van der Waals surface area contributed by atoms with Crippen LogP contribution in [0.15, 0.2) is 46.1 Å². The molecule has 31 heavy (non-hydrogen) atoms. The van der Waals surface area contributed by atoms with Crippen LogP contribution in [0.25, 0.3) is 10.9 Å². The van der Waals surface area contributed by atoms with E-state index in [0.717, 1.165) is 31.5 Å². The summed E-state index contributed by atoms with van der Waals surface area (Å²) in [7, 11) is -2.71. The quantitative estimate of drug-likeness (QED) is 0.635. The molecule has 2 aromatic carbocycles. The highest BCUT2D eigenvalue weighted by molar-refractivity contribution is 7.89. The summed E-state index contributed by atoms with van der Waals surface area (Å²) < 4.78 is 30.3. The molecule has 0 aliphatic carbocycles. The van der Waals surface area contributed by atoms with Gasteiger partial charge < -0.3 is 10.1 Å². The third-order valence-corrected chi connectivity index (χ3v) is 6.24. The van der Waals surface area contributed by atoms with Gasteiger partial charge in [0.05, 0.1) is 18.0 Å². The number of rotatable bonds is 4. The zero-order valence-corrected chi connectivity index (χ0v) is 17.7. The standard InChI is InChI=1S/C21H22N4O5S/c1-30-17-9-7-14(12-18(17)31(22,28)29)23-20(26)13-6-8-15-16(11-13)24-19-5-3-2-4-10-25(19)21(15)27/h6-9,11-12H,2-5,10H2,1H3,(H,23,26)(H2,22,28,29). The van der Waals surface area contributed by atoms with Crippen LogP contribution in [0.1, 0.15) is 35.4 Å². The number of aryl methyl sites for hydroxylation is 1. The van der Waals surface area contributed by atoms with Crippen molar-refractivity contribution in [2.75, 3.05) is 12.4 Å². The molecule has 1 amide bonds. The van der Waals surface area contributed by atoms with Crippen molar-refractivity contribution in [2.45, 2.75) is 37.1 Å². The molecule has 0 radical (unpaired) electrons. The molecule has 0 atom stereocenters. The summed E-state index contributed by atoms with van der Waals surface area (Å²) >= 11 is 0. The van der Waals surface area contributed by atoms with Crippen molar-refractivity contribution >= 4 is 32.5 Å². The Hall–Kier alpha value is -3.24. The third kappa shape index (κ3) is 4.17. The van der Waals surface area contributed by atoms with Crippen molar-refractivity contribution in [3.8, 4) is 5.75 Å². The molecular formula is C21H22N4O5S. The van der Waals surface area contributed by atoms with Gasteiger partial charge in [-0.25, -0.2) is 18.5 Å². The Morgan fingerprint density at radius 2 is 1.97 bits per heavy atom. The van der Waals surface area contributed by atoms with Crippen LogP contribution in [0.2, 0.25) is 0 Å². The number of methoxy groups -OCH3 is 1. The molecule has 3 N–H and O–H groups in total. The second-order valence-electron chi connectivity index (χ2n) is 7.39. The topological polar surface area (TPSA) is 133 Å². The number of fused-ring (bicyclic) bond motifs is 2. The fourth-order valence-electron chi connectivity index (χ4n) is 3.74. The highest BCUT2D eigenvalue weighted by Gasteiger charge is 2.18. The predicted octanol–water partition coefficient (Wildman–Crippen LogP) is 2.03. The van der Waals surface area contributed by atoms with Crippen molar-refractivity contribution < 1.29 is 17.9 Å². The van der Waals surface area contributed by atoms with Gasteiger partial charge in [-0.05, 0) is 49.2 Å². The van der Waals surface area contributed by atoms with E-state index in [4.69, 9.17) is 9.88 Å². The van der Waals surface area contributed by atoms with E-state index < -0.39 is 15.9 Å². The second kappa shape index (κ2) is 8.12. The summed E-state index contributed by atoms with van der Waals surface area (Å²) in [6.07, 6.45) is 3.70. The molecule has 1 aromatic heterocycles. The van der Waals surface area contributed by atoms with Crippen LogP contribution in [0.4, 0.5) is 5.69 Å². The van der Waals surface area contributed by atoms with Crippen LogP contribution in [-0.2, 0) is 23.0 Å². The Kier molecular flexibility index (Phi) is 5.50. The van der Waals surface area contributed by atoms with Gasteiger partial charge in [-0.1, -0.05) is 6.42 Å². The van der Waals surface area contributed by atoms with E-state index in [1.54, 1.807) is 22.8 Å². The molecule has 1 aliphatic heterocycles. The smallest absolute Gasteiger partial charge is 0.261 e. The number of nitrogens with zero attached hydrogens (tertiary/aromatic N) is 2. The summed E-state index contributed by atoms with van der Waals surface area (Å²) in [6.45, 7) is 0.656. The van der Waals surface area contributed by atoms with Gasteiger partial charge in [-0.2, -0.15) is 0 Å². The molecule has 0 bridgehead atoms. The molecule has 162 valence electrons. The maximum atomic E-state index is 12.8. The Labute approximate surface area is 178 Å². The number of hydrogen-bond acceptors (Lipinski definition) is 6. The number of nitrogens with two attached hydrogens (primary N) is 1. The van der Waals surface area contributed by atoms with Crippen molar-refractivity contribution in [1.82, 2.24) is 9.55 Å². The molecule has 3 aromatic rings. The van der Waals surface area contributed by atoms with Gasteiger partial charge in [-0.15, -0.1) is 0 Å². The number of anilines is 1. The monoisotopic (exact) mass is 442 g/mol. The third-order valence-electron chi connectivity index (χ3n) is 5.31. The van der Waals surface area contributed by atoms with Gasteiger partial charge in [0.25, 0.3) is 11.5 Å². The van der Waals surface area contributed by atoms with E-state index in [1.165, 1.54) is 25.3 Å². The first-order valence-corrected chi connectivity index (χ1v) is 11.4. The first-order chi connectivity index (χ1) is 14.8. The number of benzene rings is 2. The van der Waals surface area contributed by atoms with Crippen LogP contribution in [-0.4, -0.2) is 31.0 Å². The van der Waals surface area contributed by atoms with E-state index in [1.807, 2.05) is 0 Å². The van der Waals surface area contributed by atoms with Crippen LogP contribution in [0, 0.1) is 0 Å². The van der Waals surface area contributed by atoms with E-state index in [2.05, 4.69) is 10.3 Å². The Morgan fingerprint density at radius 3 is 2.71 bits per heavy atom. The second-order valence-corrected chi connectivity index (χ2v) is 8.92. The fraction of sp³-hybridized carbons (Fsp3) is 0.286. The molecule has 4 rings (SSSR count). The van der Waals surface area contributed by atoms with Crippen LogP contribution in [0.5, 0.6) is 5.75 Å². The molecule has 0 unspecified atom stereocenters. The molecule has 9 nitrogen and oxygen atoms in total. The summed E-state index contributed by atoms with van der Waals surface area (Å²) in [4.78, 5) is 30.0. The maximum Gasteiger partial charge on any atom is 0.261 e. The Morgan fingerprint density at radius 1 is 1.16 bits per heavy atom. The van der Waals surface area contributed by atoms with E-state index >= 15 is 0 Å². The van der Waals surface area contributed by atoms with Crippen molar-refractivity contribution in [1.29, 1.82) is 0 Å². The number of carbonyl (C=O) groups is 1. The van der Waals surface area contributed by atoms with Gasteiger partial charge >= 0.3 is 0 Å². The van der Waals surface area contributed by atoms with Gasteiger partial charge in [0, 0.05) is 24.2 Å². The number of sulfonamides is 1. The molecule has 0 fully saturated rings. The molecule has 2 heterocycles. The normalized spacial score (nSPS) is 14.0. The van der Waals surface area contributed by atoms with E-state index in [9.17, 15) is 18.0 Å². The maximum absolute atomic E-state index is 12.8. The molecule has 0 saturated heterocycles. The molecular weight excluding hydrogens is 420 g/mol. The predicted molar refractivity (Wildman–Crippen MR) is 116 cm³/mol. The largest absolute Gasteiger partial charge is 0.495 e. The zero-order chi connectivity index (χ0) is 22.2. The highest BCUT2D eigenvalue weighted by atomic mass is 32.2. The molecule has 0 saturated carbocycles. The Balaban J connectivity index is 1.68. The summed E-state index contributed by atoms with van der Waals surface area (Å²) in [5.74, 6) is 0.348. The Bertz CT molecular complexity index is 1350. The average molecular weight is 442 g/mol. The summed E-state index contributed by atoms with van der Waals surface area (Å²) in [6, 6.07) is 8.88. The summed E-state index contributed by atoms with van der Waals surface area (Å²) in [5, 5.41) is 8.34. The van der Waals surface area contributed by atoms with Gasteiger partial charge in [0.15, 0.2) is 0 Å². The number of hydrogen-bond donors (Lipinski definition) is 2. The number of carbonyl (C=O) groups excluding carboxylic acids is 1. The minimum atomic E-state index is -4.04. The van der Waals surface area contributed by atoms with E-state index in [-0.39, 0.29) is 21.9 Å². The summed E-state index contributed by atoms with van der Waals surface area (Å²) in [5.41, 5.74) is 0.906. The SMILES string of the molecule is COc1ccc(NC(=O)c2ccc3c(=O)n4c(nc3c2)CCCCC4)cc1S(N)(=O)=O. The first-order valence-electron chi connectivity index (χ1n) is 9.83. The highest BCUT2D eigenvalue weighted by Crippen LogP contribution is 2.26. The van der Waals surface area contributed by atoms with Crippen LogP contribution in [0.3, 0.4) is 0 Å². The minimum Gasteiger partial charge on any atom is -0.495 e. The first kappa shape index (κ1) is 21.0. The van der Waals surface area contributed by atoms with Crippen molar-refractivity contribution in [3.05, 3.63) is 58.1 Å². The number of aromatic nitrogens is 2. The average Bonchev–Trinajstić information content (AvgIpc) is 2.98. The van der Waals surface area contributed by atoms with Crippen LogP contribution < -0.4 is 20.8 Å². The van der Waals surface area contributed by atoms with Gasteiger partial charge in [0.1, 0.15) is 16.5 Å². The number of nitrogens with one attached hydrogen (secondary N) is 1. The lowest BCUT2D eigenvalue weighted by Gasteiger charge is -2.12. The van der Waals surface area contributed by atoms with E-state index in [0.29, 0.717) is 23.0 Å². The van der Waals surface area contributed by atoms with Crippen molar-refractivity contribution in [3.63, 3.8) is 0 Å². The van der Waals surface area contributed by atoms with Crippen LogP contribution >= 0.6 is 0 Å². The lowest BCUT2D eigenvalue weighted by molar-refractivity contribution is 0.102. The number of amides is 1. The minimum absolute atomic E-state index is 0.0802. The van der Waals surface area contributed by atoms with Gasteiger partial charge in [0.2, 0.25) is 10.0 Å². The molecule has 0 spiro atoms. The lowest BCUT2D eigenvalue weighted by Crippen LogP contribution is -2.24. The fourth-order valence-corrected chi connectivity index (χ4v) is 4.46. The number of primary sulfonamides is 1. The molecule has 1 aliphatic rings. The molecule has 10 heteroatoms. The lowest BCUT2D eigenvalue weighted by atomic mass is 10.1. The van der Waals surface area contributed by atoms with Crippen molar-refractivity contribution in [2.24, 2.45) is 5.14 Å².